The van der Waals surface area contributed by atoms with Crippen LogP contribution in [-0.4, -0.2) is 15.0 Å². The first-order chi connectivity index (χ1) is 12.4. The molecule has 0 N–H and O–H groups in total. The topological polar surface area (TPSA) is 43.4 Å². The Morgan fingerprint density at radius 3 is 2.11 bits per heavy atom. The van der Waals surface area contributed by atoms with E-state index < -0.39 is 9.05 Å². The fourth-order valence-electron chi connectivity index (χ4n) is 3.73. The average Bonchev–Trinajstić information content (AvgIpc) is 2.50. The second kappa shape index (κ2) is 10.2. The molecule has 0 saturated carbocycles. The highest BCUT2D eigenvalue weighted by Crippen LogP contribution is 2.39. The molecule has 0 aliphatic heterocycles. The molecule has 1 rings (SSSR count). The van der Waals surface area contributed by atoms with Gasteiger partial charge in [-0.1, -0.05) is 79.7 Å². The quantitative estimate of drug-likeness (QED) is 0.286. The van der Waals surface area contributed by atoms with Gasteiger partial charge in [-0.2, -0.15) is 0 Å². The zero-order valence-corrected chi connectivity index (χ0v) is 19.5. The summed E-state index contributed by atoms with van der Waals surface area (Å²) in [6.45, 7) is 13.5. The zero-order chi connectivity index (χ0) is 20.7. The molecule has 156 valence electrons. The number of hydrogen-bond acceptors (Lipinski definition) is 3. The molecule has 0 aliphatic carbocycles. The van der Waals surface area contributed by atoms with Gasteiger partial charge in [0.2, 0.25) is 0 Å². The van der Waals surface area contributed by atoms with Crippen molar-refractivity contribution in [3.05, 3.63) is 23.8 Å². The maximum Gasteiger partial charge on any atom is 0.264 e. The van der Waals surface area contributed by atoms with Crippen LogP contribution < -0.4 is 4.74 Å². The van der Waals surface area contributed by atoms with Crippen molar-refractivity contribution in [3.63, 3.8) is 0 Å². The minimum Gasteiger partial charge on any atom is -0.492 e. The standard InChI is InChI=1S/C22H37ClO3S/c1-7-8-9-10-11-12-15-26-19-14-13-18(16-20(19)27(23,24)25)22(5,6)17-21(2,3)4/h13-14,16H,7-12,15,17H2,1-6H3. The predicted octanol–water partition coefficient (Wildman–Crippen LogP) is 7.07. The summed E-state index contributed by atoms with van der Waals surface area (Å²) >= 11 is 0. The second-order valence-electron chi connectivity index (χ2n) is 9.34. The Hall–Kier alpha value is -0.740. The van der Waals surface area contributed by atoms with Crippen LogP contribution in [0.1, 0.15) is 92.1 Å². The molecule has 5 heteroatoms. The summed E-state index contributed by atoms with van der Waals surface area (Å²) in [6.07, 6.45) is 7.88. The van der Waals surface area contributed by atoms with E-state index >= 15 is 0 Å². The van der Waals surface area contributed by atoms with E-state index in [4.69, 9.17) is 15.4 Å². The van der Waals surface area contributed by atoms with Gasteiger partial charge in [-0.3, -0.25) is 0 Å². The lowest BCUT2D eigenvalue weighted by atomic mass is 9.72. The van der Waals surface area contributed by atoms with Crippen molar-refractivity contribution in [1.82, 2.24) is 0 Å². The summed E-state index contributed by atoms with van der Waals surface area (Å²) < 4.78 is 30.0. The predicted molar refractivity (Wildman–Crippen MR) is 115 cm³/mol. The molecule has 0 amide bonds. The molecular weight excluding hydrogens is 380 g/mol. The Morgan fingerprint density at radius 1 is 0.963 bits per heavy atom. The molecule has 0 saturated heterocycles. The van der Waals surface area contributed by atoms with E-state index in [0.717, 1.165) is 24.8 Å². The van der Waals surface area contributed by atoms with Gasteiger partial charge >= 0.3 is 0 Å². The first kappa shape index (κ1) is 24.3. The highest BCUT2D eigenvalue weighted by Gasteiger charge is 2.29. The summed E-state index contributed by atoms with van der Waals surface area (Å²) in [5.74, 6) is 0.355. The number of benzene rings is 1. The molecule has 1 aromatic carbocycles. The van der Waals surface area contributed by atoms with Gasteiger partial charge in [-0.05, 0) is 41.4 Å². The molecule has 0 fully saturated rings. The Balaban J connectivity index is 2.89. The first-order valence-electron chi connectivity index (χ1n) is 10.1. The minimum atomic E-state index is -3.87. The van der Waals surface area contributed by atoms with Crippen molar-refractivity contribution < 1.29 is 13.2 Å². The molecule has 0 heterocycles. The van der Waals surface area contributed by atoms with Crippen LogP contribution in [0.4, 0.5) is 0 Å². The van der Waals surface area contributed by atoms with Crippen molar-refractivity contribution >= 4 is 19.7 Å². The highest BCUT2D eigenvalue weighted by atomic mass is 35.7. The van der Waals surface area contributed by atoms with Gasteiger partial charge in [-0.25, -0.2) is 8.42 Å². The fourth-order valence-corrected chi connectivity index (χ4v) is 4.73. The van der Waals surface area contributed by atoms with Crippen molar-refractivity contribution in [2.45, 2.75) is 96.8 Å². The van der Waals surface area contributed by atoms with Gasteiger partial charge in [0, 0.05) is 10.7 Å². The number of rotatable bonds is 11. The van der Waals surface area contributed by atoms with Gasteiger partial charge in [0.15, 0.2) is 0 Å². The molecule has 0 aliphatic rings. The molecule has 0 atom stereocenters. The van der Waals surface area contributed by atoms with Crippen LogP contribution in [0.15, 0.2) is 23.1 Å². The average molecular weight is 417 g/mol. The van der Waals surface area contributed by atoms with Gasteiger partial charge in [-0.15, -0.1) is 0 Å². The van der Waals surface area contributed by atoms with E-state index in [0.29, 0.717) is 12.4 Å². The lowest BCUT2D eigenvalue weighted by molar-refractivity contribution is 0.281. The monoisotopic (exact) mass is 416 g/mol. The third-order valence-corrected chi connectivity index (χ3v) is 6.06. The molecule has 1 aromatic rings. The minimum absolute atomic E-state index is 0.0784. The maximum atomic E-state index is 12.1. The van der Waals surface area contributed by atoms with Crippen molar-refractivity contribution in [2.75, 3.05) is 6.61 Å². The molecule has 0 aromatic heterocycles. The van der Waals surface area contributed by atoms with Gasteiger partial charge in [0.1, 0.15) is 10.6 Å². The lowest BCUT2D eigenvalue weighted by Gasteiger charge is -2.33. The van der Waals surface area contributed by atoms with Gasteiger partial charge < -0.3 is 4.74 Å². The summed E-state index contributed by atoms with van der Waals surface area (Å²) in [4.78, 5) is 0.0784. The number of unbranched alkanes of at least 4 members (excludes halogenated alkanes) is 5. The van der Waals surface area contributed by atoms with E-state index in [9.17, 15) is 8.42 Å². The Labute approximate surface area is 171 Å². The van der Waals surface area contributed by atoms with E-state index in [1.165, 1.54) is 25.7 Å². The number of halogens is 1. The van der Waals surface area contributed by atoms with Gasteiger partial charge in [0.05, 0.1) is 6.61 Å². The van der Waals surface area contributed by atoms with Crippen molar-refractivity contribution in [3.8, 4) is 5.75 Å². The Morgan fingerprint density at radius 2 is 1.56 bits per heavy atom. The highest BCUT2D eigenvalue weighted by molar-refractivity contribution is 8.13. The third kappa shape index (κ3) is 8.87. The molecular formula is C22H37ClO3S. The smallest absolute Gasteiger partial charge is 0.264 e. The first-order valence-corrected chi connectivity index (χ1v) is 12.4. The van der Waals surface area contributed by atoms with Crippen molar-refractivity contribution in [2.24, 2.45) is 5.41 Å². The molecule has 27 heavy (non-hydrogen) atoms. The van der Waals surface area contributed by atoms with Crippen LogP contribution in [-0.2, 0) is 14.5 Å². The fraction of sp³-hybridized carbons (Fsp3) is 0.727. The molecule has 0 unspecified atom stereocenters. The van der Waals surface area contributed by atoms with Crippen molar-refractivity contribution in [1.29, 1.82) is 0 Å². The van der Waals surface area contributed by atoms with Gasteiger partial charge in [0.25, 0.3) is 9.05 Å². The summed E-state index contributed by atoms with van der Waals surface area (Å²) in [7, 11) is 1.84. The van der Waals surface area contributed by atoms with Crippen LogP contribution in [0.2, 0.25) is 0 Å². The third-order valence-electron chi connectivity index (χ3n) is 4.72. The molecule has 0 radical (unpaired) electrons. The van der Waals surface area contributed by atoms with Crippen LogP contribution in [0.3, 0.4) is 0 Å². The zero-order valence-electron chi connectivity index (χ0n) is 17.9. The Kier molecular flexibility index (Phi) is 9.14. The summed E-state index contributed by atoms with van der Waals surface area (Å²) in [5.41, 5.74) is 0.937. The number of hydrogen-bond donors (Lipinski definition) is 0. The molecule has 3 nitrogen and oxygen atoms in total. The van der Waals surface area contributed by atoms with Crippen LogP contribution in [0, 0.1) is 5.41 Å². The van der Waals surface area contributed by atoms with Crippen LogP contribution in [0.25, 0.3) is 0 Å². The normalized spacial score (nSPS) is 13.0. The van der Waals surface area contributed by atoms with E-state index in [2.05, 4.69) is 41.5 Å². The summed E-state index contributed by atoms with van der Waals surface area (Å²) in [5, 5.41) is 0. The van der Waals surface area contributed by atoms with Crippen LogP contribution >= 0.6 is 10.7 Å². The SMILES string of the molecule is CCCCCCCCOc1ccc(C(C)(C)CC(C)(C)C)cc1S(=O)(=O)Cl. The largest absolute Gasteiger partial charge is 0.492 e. The summed E-state index contributed by atoms with van der Waals surface area (Å²) in [6, 6.07) is 5.41. The molecule has 0 bridgehead atoms. The number of ether oxygens (including phenoxy) is 1. The second-order valence-corrected chi connectivity index (χ2v) is 11.9. The van der Waals surface area contributed by atoms with E-state index in [1.54, 1.807) is 12.1 Å². The molecule has 0 spiro atoms. The Bertz CT molecular complexity index is 688. The maximum absolute atomic E-state index is 12.1. The van der Waals surface area contributed by atoms with Crippen LogP contribution in [0.5, 0.6) is 5.75 Å². The lowest BCUT2D eigenvalue weighted by Crippen LogP contribution is -2.25. The van der Waals surface area contributed by atoms with E-state index in [1.807, 2.05) is 6.07 Å². The van der Waals surface area contributed by atoms with E-state index in [-0.39, 0.29) is 15.7 Å².